The highest BCUT2D eigenvalue weighted by atomic mass is 32.2. The van der Waals surface area contributed by atoms with Crippen LogP contribution in [0, 0.1) is 0 Å². The summed E-state index contributed by atoms with van der Waals surface area (Å²) in [6, 6.07) is 7.12. The molecule has 0 saturated heterocycles. The minimum Gasteiger partial charge on any atom is -0.431 e. The van der Waals surface area contributed by atoms with Crippen LogP contribution in [-0.4, -0.2) is 17.6 Å². The second-order valence-corrected chi connectivity index (χ2v) is 4.03. The molecule has 1 heterocycles. The van der Waals surface area contributed by atoms with E-state index in [0.29, 0.717) is 16.3 Å². The highest BCUT2D eigenvalue weighted by molar-refractivity contribution is 8.01. The molecule has 1 aromatic carbocycles. The Hall–Kier alpha value is -1.43. The summed E-state index contributed by atoms with van der Waals surface area (Å²) in [5.74, 6) is 0. The average molecular weight is 259 g/mol. The summed E-state index contributed by atoms with van der Waals surface area (Å²) >= 11 is 0.960. The summed E-state index contributed by atoms with van der Waals surface area (Å²) in [7, 11) is 0. The molecule has 0 N–H and O–H groups in total. The Bertz CT molecular complexity index is 493. The van der Waals surface area contributed by atoms with Crippen molar-refractivity contribution in [3.05, 3.63) is 35.7 Å². The molecular formula is C11H8F3NOS. The third-order valence-electron chi connectivity index (χ3n) is 1.95. The molecule has 0 aliphatic carbocycles. The van der Waals surface area contributed by atoms with Crippen LogP contribution in [-0.2, 0) is 0 Å². The standard InChI is InChI=1S/C11H8F3NOS/c12-7(10(13)14)5-6-17-11-15-8-3-1-2-4-9(8)16-11/h1-7,10H/b6-5+. The van der Waals surface area contributed by atoms with Gasteiger partial charge < -0.3 is 4.42 Å². The van der Waals surface area contributed by atoms with Crippen LogP contribution in [0.1, 0.15) is 0 Å². The first-order valence-corrected chi connectivity index (χ1v) is 5.66. The number of benzene rings is 1. The molecule has 90 valence electrons. The SMILES string of the molecule is FC(F)C(F)/C=C/Sc1nc2ccccc2o1. The molecule has 1 atom stereocenters. The van der Waals surface area contributed by atoms with Crippen LogP contribution in [0.2, 0.25) is 0 Å². The minimum absolute atomic E-state index is 0.295. The number of para-hydroxylation sites is 2. The molecule has 0 aliphatic heterocycles. The van der Waals surface area contributed by atoms with Crippen molar-refractivity contribution in [1.82, 2.24) is 4.98 Å². The van der Waals surface area contributed by atoms with Gasteiger partial charge in [0.25, 0.3) is 11.6 Å². The van der Waals surface area contributed by atoms with Gasteiger partial charge in [-0.05, 0) is 35.4 Å². The molecule has 2 nitrogen and oxygen atoms in total. The Labute approximate surface area is 99.5 Å². The Morgan fingerprint density at radius 3 is 2.71 bits per heavy atom. The van der Waals surface area contributed by atoms with Gasteiger partial charge in [-0.3, -0.25) is 0 Å². The summed E-state index contributed by atoms with van der Waals surface area (Å²) in [5.41, 5.74) is 1.28. The van der Waals surface area contributed by atoms with E-state index in [-0.39, 0.29) is 0 Å². The van der Waals surface area contributed by atoms with Crippen LogP contribution in [0.15, 0.2) is 45.4 Å². The van der Waals surface area contributed by atoms with Gasteiger partial charge in [-0.15, -0.1) is 0 Å². The van der Waals surface area contributed by atoms with Crippen molar-refractivity contribution in [3.63, 3.8) is 0 Å². The highest BCUT2D eigenvalue weighted by Gasteiger charge is 2.15. The number of alkyl halides is 3. The fourth-order valence-corrected chi connectivity index (χ4v) is 1.79. The predicted octanol–water partition coefficient (Wildman–Crippen LogP) is 4.04. The molecule has 0 spiro atoms. The van der Waals surface area contributed by atoms with E-state index in [1.165, 1.54) is 5.41 Å². The van der Waals surface area contributed by atoms with Crippen molar-refractivity contribution < 1.29 is 17.6 Å². The van der Waals surface area contributed by atoms with E-state index in [9.17, 15) is 13.2 Å². The monoisotopic (exact) mass is 259 g/mol. The molecule has 2 rings (SSSR count). The maximum Gasteiger partial charge on any atom is 0.272 e. The second kappa shape index (κ2) is 5.27. The molecule has 2 aromatic rings. The average Bonchev–Trinajstić information content (AvgIpc) is 2.71. The van der Waals surface area contributed by atoms with Crippen LogP contribution in [0.4, 0.5) is 13.2 Å². The number of hydrogen-bond donors (Lipinski definition) is 0. The summed E-state index contributed by atoms with van der Waals surface area (Å²) in [6.45, 7) is 0. The van der Waals surface area contributed by atoms with Crippen molar-refractivity contribution >= 4 is 22.9 Å². The lowest BCUT2D eigenvalue weighted by Gasteiger charge is -1.97. The highest BCUT2D eigenvalue weighted by Crippen LogP contribution is 2.24. The predicted molar refractivity (Wildman–Crippen MR) is 59.9 cm³/mol. The van der Waals surface area contributed by atoms with Crippen LogP contribution < -0.4 is 0 Å². The van der Waals surface area contributed by atoms with Gasteiger partial charge in [-0.2, -0.15) is 0 Å². The first-order chi connectivity index (χ1) is 8.16. The lowest BCUT2D eigenvalue weighted by Crippen LogP contribution is -2.07. The van der Waals surface area contributed by atoms with E-state index in [1.54, 1.807) is 18.2 Å². The number of thioether (sulfide) groups is 1. The van der Waals surface area contributed by atoms with Crippen LogP contribution >= 0.6 is 11.8 Å². The lowest BCUT2D eigenvalue weighted by atomic mass is 10.3. The van der Waals surface area contributed by atoms with E-state index in [1.807, 2.05) is 6.07 Å². The van der Waals surface area contributed by atoms with Gasteiger partial charge in [0.2, 0.25) is 0 Å². The quantitative estimate of drug-likeness (QED) is 0.775. The molecule has 1 aromatic heterocycles. The fourth-order valence-electron chi connectivity index (χ4n) is 1.16. The summed E-state index contributed by atoms with van der Waals surface area (Å²) < 4.78 is 41.5. The van der Waals surface area contributed by atoms with Crippen LogP contribution in [0.3, 0.4) is 0 Å². The van der Waals surface area contributed by atoms with E-state index in [2.05, 4.69) is 4.98 Å². The number of hydrogen-bond acceptors (Lipinski definition) is 3. The van der Waals surface area contributed by atoms with E-state index in [4.69, 9.17) is 4.42 Å². The molecule has 0 saturated carbocycles. The number of nitrogens with zero attached hydrogens (tertiary/aromatic N) is 1. The molecule has 1 unspecified atom stereocenters. The van der Waals surface area contributed by atoms with Crippen LogP contribution in [0.5, 0.6) is 0 Å². The smallest absolute Gasteiger partial charge is 0.272 e. The number of rotatable bonds is 4. The second-order valence-electron chi connectivity index (χ2n) is 3.17. The van der Waals surface area contributed by atoms with Gasteiger partial charge in [0.1, 0.15) is 5.52 Å². The third kappa shape index (κ3) is 3.03. The molecule has 6 heteroatoms. The number of oxazole rings is 1. The Balaban J connectivity index is 2.04. The summed E-state index contributed by atoms with van der Waals surface area (Å²) in [5, 5.41) is 1.51. The zero-order valence-corrected chi connectivity index (χ0v) is 9.33. The van der Waals surface area contributed by atoms with E-state index in [0.717, 1.165) is 17.8 Å². The summed E-state index contributed by atoms with van der Waals surface area (Å²) in [4.78, 5) is 4.09. The molecular weight excluding hydrogens is 251 g/mol. The van der Waals surface area contributed by atoms with Gasteiger partial charge in [-0.1, -0.05) is 12.1 Å². The largest absolute Gasteiger partial charge is 0.431 e. The van der Waals surface area contributed by atoms with Gasteiger partial charge in [0.15, 0.2) is 11.8 Å². The molecule has 17 heavy (non-hydrogen) atoms. The Morgan fingerprint density at radius 2 is 2.00 bits per heavy atom. The van der Waals surface area contributed by atoms with Gasteiger partial charge in [0.05, 0.1) is 0 Å². The lowest BCUT2D eigenvalue weighted by molar-refractivity contribution is 0.0751. The zero-order chi connectivity index (χ0) is 12.3. The molecule has 0 amide bonds. The van der Waals surface area contributed by atoms with Gasteiger partial charge in [0, 0.05) is 0 Å². The number of aromatic nitrogens is 1. The van der Waals surface area contributed by atoms with Crippen molar-refractivity contribution in [3.8, 4) is 0 Å². The van der Waals surface area contributed by atoms with Crippen molar-refractivity contribution in [2.75, 3.05) is 0 Å². The van der Waals surface area contributed by atoms with Crippen LogP contribution in [0.25, 0.3) is 11.1 Å². The third-order valence-corrected chi connectivity index (χ3v) is 2.62. The van der Waals surface area contributed by atoms with Crippen molar-refractivity contribution in [2.24, 2.45) is 0 Å². The van der Waals surface area contributed by atoms with E-state index < -0.39 is 12.6 Å². The number of allylic oxidation sites excluding steroid dienone is 1. The molecule has 0 radical (unpaired) electrons. The van der Waals surface area contributed by atoms with E-state index >= 15 is 0 Å². The first-order valence-electron chi connectivity index (χ1n) is 4.78. The van der Waals surface area contributed by atoms with Gasteiger partial charge in [-0.25, -0.2) is 18.2 Å². The number of halogens is 3. The maximum atomic E-state index is 12.5. The zero-order valence-electron chi connectivity index (χ0n) is 8.52. The Morgan fingerprint density at radius 1 is 1.24 bits per heavy atom. The van der Waals surface area contributed by atoms with Crippen molar-refractivity contribution in [1.29, 1.82) is 0 Å². The fraction of sp³-hybridized carbons (Fsp3) is 0.182. The first kappa shape index (κ1) is 12.0. The maximum absolute atomic E-state index is 12.5. The topological polar surface area (TPSA) is 26.0 Å². The molecule has 0 aliphatic rings. The molecule has 0 bridgehead atoms. The van der Waals surface area contributed by atoms with Crippen molar-refractivity contribution in [2.45, 2.75) is 17.8 Å². The Kier molecular flexibility index (Phi) is 3.73. The number of fused-ring (bicyclic) bond motifs is 1. The molecule has 0 fully saturated rings. The minimum atomic E-state index is -3.00. The van der Waals surface area contributed by atoms with Gasteiger partial charge >= 0.3 is 0 Å². The summed E-state index contributed by atoms with van der Waals surface area (Å²) in [6.07, 6.45) is -4.48. The normalized spacial score (nSPS) is 13.9.